The van der Waals surface area contributed by atoms with E-state index < -0.39 is 5.97 Å². The molecule has 1 aromatic rings. The SMILES string of the molecule is C=C(C)C(=O)O.CCOCCOC(C)=O.Clc1ccccc1. The number of hydrogen-bond donors (Lipinski definition) is 1. The second-order valence-corrected chi connectivity index (χ2v) is 4.35. The summed E-state index contributed by atoms with van der Waals surface area (Å²) >= 11 is 5.54. The average molecular weight is 331 g/mol. The van der Waals surface area contributed by atoms with Gasteiger partial charge in [0, 0.05) is 24.1 Å². The highest BCUT2D eigenvalue weighted by molar-refractivity contribution is 6.30. The van der Waals surface area contributed by atoms with Gasteiger partial charge in [-0.3, -0.25) is 4.79 Å². The van der Waals surface area contributed by atoms with Gasteiger partial charge in [0.1, 0.15) is 6.61 Å². The van der Waals surface area contributed by atoms with Gasteiger partial charge < -0.3 is 14.6 Å². The third-order valence-corrected chi connectivity index (χ3v) is 2.09. The van der Waals surface area contributed by atoms with E-state index in [-0.39, 0.29) is 11.5 Å². The third kappa shape index (κ3) is 20.5. The van der Waals surface area contributed by atoms with Crippen molar-refractivity contribution in [2.75, 3.05) is 19.8 Å². The van der Waals surface area contributed by atoms with E-state index in [0.29, 0.717) is 19.8 Å². The summed E-state index contributed by atoms with van der Waals surface area (Å²) in [5.74, 6) is -1.19. The van der Waals surface area contributed by atoms with Crippen LogP contribution in [0.1, 0.15) is 20.8 Å². The van der Waals surface area contributed by atoms with E-state index in [2.05, 4.69) is 11.3 Å². The highest BCUT2D eigenvalue weighted by Gasteiger charge is 1.90. The van der Waals surface area contributed by atoms with Crippen molar-refractivity contribution in [1.29, 1.82) is 0 Å². The van der Waals surface area contributed by atoms with E-state index in [1.807, 2.05) is 37.3 Å². The van der Waals surface area contributed by atoms with E-state index in [1.54, 1.807) is 0 Å². The van der Waals surface area contributed by atoms with E-state index in [0.717, 1.165) is 5.02 Å². The Morgan fingerprint density at radius 3 is 1.95 bits per heavy atom. The molecule has 1 N–H and O–H groups in total. The highest BCUT2D eigenvalue weighted by atomic mass is 35.5. The molecule has 22 heavy (non-hydrogen) atoms. The summed E-state index contributed by atoms with van der Waals surface area (Å²) in [4.78, 5) is 19.7. The molecule has 0 unspecified atom stereocenters. The summed E-state index contributed by atoms with van der Waals surface area (Å²) in [6, 6.07) is 9.44. The molecule has 0 atom stereocenters. The Morgan fingerprint density at radius 1 is 1.18 bits per heavy atom. The zero-order chi connectivity index (χ0) is 17.4. The van der Waals surface area contributed by atoms with E-state index in [9.17, 15) is 9.59 Å². The zero-order valence-corrected chi connectivity index (χ0v) is 13.9. The molecule has 5 nitrogen and oxygen atoms in total. The maximum atomic E-state index is 10.1. The molecule has 0 spiro atoms. The number of carboxylic acid groups (broad SMARTS) is 1. The number of benzene rings is 1. The Morgan fingerprint density at radius 2 is 1.68 bits per heavy atom. The second-order valence-electron chi connectivity index (χ2n) is 3.92. The predicted molar refractivity (Wildman–Crippen MR) is 87.0 cm³/mol. The first-order chi connectivity index (χ1) is 10.3. The molecule has 0 aliphatic rings. The van der Waals surface area contributed by atoms with Crippen LogP contribution >= 0.6 is 11.6 Å². The van der Waals surface area contributed by atoms with Crippen LogP contribution in [-0.4, -0.2) is 36.9 Å². The molecule has 0 fully saturated rings. The number of hydrogen-bond acceptors (Lipinski definition) is 4. The van der Waals surface area contributed by atoms with Crippen molar-refractivity contribution in [3.63, 3.8) is 0 Å². The molecule has 1 aromatic carbocycles. The highest BCUT2D eigenvalue weighted by Crippen LogP contribution is 2.03. The fourth-order valence-electron chi connectivity index (χ4n) is 0.803. The lowest BCUT2D eigenvalue weighted by Gasteiger charge is -1.99. The summed E-state index contributed by atoms with van der Waals surface area (Å²) in [7, 11) is 0. The number of carbonyl (C=O) groups excluding carboxylic acids is 1. The maximum Gasteiger partial charge on any atom is 0.330 e. The van der Waals surface area contributed by atoms with Gasteiger partial charge in [-0.1, -0.05) is 36.4 Å². The molecule has 0 radical (unpaired) electrons. The van der Waals surface area contributed by atoms with Gasteiger partial charge in [-0.25, -0.2) is 4.79 Å². The van der Waals surface area contributed by atoms with Crippen LogP contribution in [0.15, 0.2) is 42.5 Å². The van der Waals surface area contributed by atoms with E-state index >= 15 is 0 Å². The molecule has 0 amide bonds. The molecule has 0 aromatic heterocycles. The minimum atomic E-state index is -0.935. The number of ether oxygens (including phenoxy) is 2. The van der Waals surface area contributed by atoms with Gasteiger partial charge in [0.15, 0.2) is 0 Å². The molecule has 0 saturated carbocycles. The molecular weight excluding hydrogens is 308 g/mol. The van der Waals surface area contributed by atoms with Gasteiger partial charge in [0.05, 0.1) is 6.61 Å². The molecule has 0 aliphatic heterocycles. The van der Waals surface area contributed by atoms with Crippen LogP contribution in [0.2, 0.25) is 5.02 Å². The predicted octanol–water partition coefficient (Wildman–Crippen LogP) is 3.57. The first-order valence-electron chi connectivity index (χ1n) is 6.61. The van der Waals surface area contributed by atoms with Gasteiger partial charge in [-0.05, 0) is 26.0 Å². The minimum Gasteiger partial charge on any atom is -0.478 e. The number of rotatable bonds is 5. The van der Waals surface area contributed by atoms with E-state index in [1.165, 1.54) is 13.8 Å². The molecular formula is C16H23ClO5. The maximum absolute atomic E-state index is 10.1. The quantitative estimate of drug-likeness (QED) is 0.507. The number of aliphatic carboxylic acids is 1. The summed E-state index contributed by atoms with van der Waals surface area (Å²) in [5, 5.41) is 8.69. The average Bonchev–Trinajstić information content (AvgIpc) is 2.45. The van der Waals surface area contributed by atoms with Crippen molar-refractivity contribution in [2.45, 2.75) is 20.8 Å². The number of esters is 1. The van der Waals surface area contributed by atoms with Crippen LogP contribution in [0.25, 0.3) is 0 Å². The lowest BCUT2D eigenvalue weighted by Crippen LogP contribution is -2.06. The Kier molecular flexibility index (Phi) is 15.8. The second kappa shape index (κ2) is 15.5. The fraction of sp³-hybridized carbons (Fsp3) is 0.375. The van der Waals surface area contributed by atoms with Crippen molar-refractivity contribution in [2.24, 2.45) is 0 Å². The van der Waals surface area contributed by atoms with Gasteiger partial charge >= 0.3 is 11.9 Å². The number of carbonyl (C=O) groups is 2. The third-order valence-electron chi connectivity index (χ3n) is 1.84. The summed E-state index contributed by atoms with van der Waals surface area (Å²) in [6.07, 6.45) is 0. The molecule has 124 valence electrons. The number of halogens is 1. The van der Waals surface area contributed by atoms with Crippen LogP contribution < -0.4 is 0 Å². The molecule has 0 heterocycles. The van der Waals surface area contributed by atoms with Gasteiger partial charge in [0.25, 0.3) is 0 Å². The van der Waals surface area contributed by atoms with Gasteiger partial charge in [-0.2, -0.15) is 0 Å². The standard InChI is InChI=1S/C6H5Cl.C6H12O3.C4H6O2/c7-6-4-2-1-3-5-6;1-3-8-4-5-9-6(2)7;1-3(2)4(5)6/h1-5H;3-5H2,1-2H3;1H2,2H3,(H,5,6). The Labute approximate surface area is 136 Å². The van der Waals surface area contributed by atoms with Crippen LogP contribution in [-0.2, 0) is 19.1 Å². The Balaban J connectivity index is 0. The lowest BCUT2D eigenvalue weighted by molar-refractivity contribution is -0.142. The van der Waals surface area contributed by atoms with Crippen molar-refractivity contribution < 1.29 is 24.2 Å². The summed E-state index contributed by atoms with van der Waals surface area (Å²) < 4.78 is 9.49. The zero-order valence-electron chi connectivity index (χ0n) is 13.2. The van der Waals surface area contributed by atoms with Gasteiger partial charge in [-0.15, -0.1) is 0 Å². The first-order valence-corrected chi connectivity index (χ1v) is 6.99. The minimum absolute atomic E-state index is 0.176. The topological polar surface area (TPSA) is 72.8 Å². The fourth-order valence-corrected chi connectivity index (χ4v) is 0.949. The van der Waals surface area contributed by atoms with Crippen molar-refractivity contribution in [3.05, 3.63) is 47.5 Å². The molecule has 0 saturated heterocycles. The largest absolute Gasteiger partial charge is 0.478 e. The lowest BCUT2D eigenvalue weighted by atomic mass is 10.4. The summed E-state index contributed by atoms with van der Waals surface area (Å²) in [6.45, 7) is 9.41. The van der Waals surface area contributed by atoms with E-state index in [4.69, 9.17) is 21.4 Å². The van der Waals surface area contributed by atoms with Crippen molar-refractivity contribution in [3.8, 4) is 0 Å². The smallest absolute Gasteiger partial charge is 0.330 e. The Bertz CT molecular complexity index is 419. The van der Waals surface area contributed by atoms with Crippen LogP contribution in [0.4, 0.5) is 0 Å². The van der Waals surface area contributed by atoms with Crippen molar-refractivity contribution in [1.82, 2.24) is 0 Å². The number of carboxylic acids is 1. The van der Waals surface area contributed by atoms with Crippen LogP contribution in [0.5, 0.6) is 0 Å². The van der Waals surface area contributed by atoms with Crippen LogP contribution in [0, 0.1) is 0 Å². The summed E-state index contributed by atoms with van der Waals surface area (Å²) in [5.41, 5.74) is 0.176. The molecule has 0 bridgehead atoms. The van der Waals surface area contributed by atoms with Crippen LogP contribution in [0.3, 0.4) is 0 Å². The molecule has 6 heteroatoms. The van der Waals surface area contributed by atoms with Crippen molar-refractivity contribution >= 4 is 23.5 Å². The van der Waals surface area contributed by atoms with Gasteiger partial charge in [0.2, 0.25) is 0 Å². The molecule has 0 aliphatic carbocycles. The first kappa shape index (κ1) is 22.4. The Hall–Kier alpha value is -1.85. The molecule has 1 rings (SSSR count). The monoisotopic (exact) mass is 330 g/mol. The normalized spacial score (nSPS) is 8.55.